The predicted molar refractivity (Wildman–Crippen MR) is 99.1 cm³/mol. The van der Waals surface area contributed by atoms with Crippen molar-refractivity contribution in [3.8, 4) is 17.2 Å². The Morgan fingerprint density at radius 1 is 1.12 bits per heavy atom. The number of ketones is 1. The highest BCUT2D eigenvalue weighted by atomic mass is 16.5. The second-order valence-corrected chi connectivity index (χ2v) is 8.54. The summed E-state index contributed by atoms with van der Waals surface area (Å²) >= 11 is 0. The number of carbonyl (C=O) groups is 1. The van der Waals surface area contributed by atoms with Gasteiger partial charge in [0.2, 0.25) is 0 Å². The molecule has 142 valence electrons. The van der Waals surface area contributed by atoms with Gasteiger partial charge in [-0.1, -0.05) is 34.1 Å². The maximum absolute atomic E-state index is 13.0. The lowest BCUT2D eigenvalue weighted by Crippen LogP contribution is -2.46. The average Bonchev–Trinajstić information content (AvgIpc) is 2.53. The van der Waals surface area contributed by atoms with Crippen molar-refractivity contribution in [2.24, 2.45) is 5.41 Å². The van der Waals surface area contributed by atoms with Gasteiger partial charge in [0.05, 0.1) is 12.2 Å². The number of ether oxygens (including phenoxy) is 1. The van der Waals surface area contributed by atoms with Gasteiger partial charge in [0.1, 0.15) is 5.75 Å². The molecule has 3 N–H and O–H groups in total. The fraction of sp³-hybridized carbons (Fsp3) is 0.571. The highest BCUT2D eigenvalue weighted by molar-refractivity contribution is 6.11. The van der Waals surface area contributed by atoms with E-state index in [9.17, 15) is 20.1 Å². The van der Waals surface area contributed by atoms with Crippen molar-refractivity contribution in [1.29, 1.82) is 0 Å². The normalized spacial score (nSPS) is 24.2. The van der Waals surface area contributed by atoms with Crippen LogP contribution in [0, 0.1) is 5.41 Å². The van der Waals surface area contributed by atoms with E-state index in [-0.39, 0.29) is 52.1 Å². The van der Waals surface area contributed by atoms with Crippen LogP contribution >= 0.6 is 0 Å². The van der Waals surface area contributed by atoms with Crippen LogP contribution in [0.2, 0.25) is 0 Å². The summed E-state index contributed by atoms with van der Waals surface area (Å²) in [5, 5.41) is 32.4. The third-order valence-electron chi connectivity index (χ3n) is 6.08. The summed E-state index contributed by atoms with van der Waals surface area (Å²) in [6, 6.07) is 0. The Kier molecular flexibility index (Phi) is 4.34. The van der Waals surface area contributed by atoms with E-state index in [1.807, 2.05) is 0 Å². The van der Waals surface area contributed by atoms with Gasteiger partial charge in [0.15, 0.2) is 17.3 Å². The van der Waals surface area contributed by atoms with Gasteiger partial charge < -0.3 is 20.1 Å². The van der Waals surface area contributed by atoms with Crippen LogP contribution < -0.4 is 0 Å². The summed E-state index contributed by atoms with van der Waals surface area (Å²) in [6.07, 6.45) is 4.12. The van der Waals surface area contributed by atoms with E-state index in [0.29, 0.717) is 12.0 Å². The van der Waals surface area contributed by atoms with E-state index >= 15 is 0 Å². The van der Waals surface area contributed by atoms with Crippen molar-refractivity contribution in [2.75, 3.05) is 13.7 Å². The molecule has 0 aromatic heterocycles. The first-order valence-corrected chi connectivity index (χ1v) is 9.15. The minimum atomic E-state index is -0.728. The summed E-state index contributed by atoms with van der Waals surface area (Å²) in [5.74, 6) is -1.46. The molecule has 1 fully saturated rings. The fourth-order valence-electron chi connectivity index (χ4n) is 5.00. The topological polar surface area (TPSA) is 87.0 Å². The average molecular weight is 360 g/mol. The molecule has 1 saturated carbocycles. The number of phenolic OH excluding ortho intramolecular Hbond substituents is 3. The van der Waals surface area contributed by atoms with Gasteiger partial charge in [-0.15, -0.1) is 0 Å². The number of hydrogen-bond donors (Lipinski definition) is 3. The van der Waals surface area contributed by atoms with Crippen molar-refractivity contribution in [3.05, 3.63) is 28.3 Å². The third-order valence-corrected chi connectivity index (χ3v) is 6.08. The van der Waals surface area contributed by atoms with Crippen molar-refractivity contribution in [3.63, 3.8) is 0 Å². The molecule has 1 aromatic carbocycles. The third kappa shape index (κ3) is 2.37. The van der Waals surface area contributed by atoms with Gasteiger partial charge in [0.25, 0.3) is 0 Å². The first-order chi connectivity index (χ1) is 12.1. The molecule has 0 spiro atoms. The van der Waals surface area contributed by atoms with Crippen molar-refractivity contribution in [2.45, 2.75) is 58.3 Å². The van der Waals surface area contributed by atoms with Crippen LogP contribution in [0.25, 0.3) is 0 Å². The van der Waals surface area contributed by atoms with E-state index in [1.54, 1.807) is 27.0 Å². The van der Waals surface area contributed by atoms with Gasteiger partial charge in [-0.2, -0.15) is 0 Å². The predicted octanol–water partition coefficient (Wildman–Crippen LogP) is 4.14. The van der Waals surface area contributed by atoms with Crippen LogP contribution in [0.15, 0.2) is 11.6 Å². The molecular weight excluding hydrogens is 332 g/mol. The molecule has 3 rings (SSSR count). The molecule has 0 radical (unpaired) electrons. The Morgan fingerprint density at radius 2 is 1.77 bits per heavy atom. The summed E-state index contributed by atoms with van der Waals surface area (Å²) < 4.78 is 5.51. The zero-order valence-electron chi connectivity index (χ0n) is 16.1. The lowest BCUT2D eigenvalue weighted by atomic mass is 9.54. The van der Waals surface area contributed by atoms with E-state index in [4.69, 9.17) is 4.74 Å². The number of phenols is 3. The molecule has 0 heterocycles. The summed E-state index contributed by atoms with van der Waals surface area (Å²) in [4.78, 5) is 13.0. The lowest BCUT2D eigenvalue weighted by Gasteiger charge is -2.50. The first kappa shape index (κ1) is 18.8. The number of methoxy groups -OCH3 is 1. The number of allylic oxidation sites excluding steroid dienone is 1. The van der Waals surface area contributed by atoms with Crippen molar-refractivity contribution >= 4 is 5.78 Å². The standard InChI is InChI=1S/C21H28O5/c1-11(2)14-17(23)15-12(22)9-13-20(3,4)7-6-8-21(13,10-26-5)16(15)19(25)18(14)24/h9,11,23-25H,6-8,10H2,1-5H3. The van der Waals surface area contributed by atoms with Crippen LogP contribution in [0.4, 0.5) is 0 Å². The monoisotopic (exact) mass is 360 g/mol. The second-order valence-electron chi connectivity index (χ2n) is 8.54. The summed E-state index contributed by atoms with van der Waals surface area (Å²) in [5.41, 5.74) is 0.555. The molecule has 1 atom stereocenters. The molecule has 1 unspecified atom stereocenters. The van der Waals surface area contributed by atoms with Gasteiger partial charge in [-0.3, -0.25) is 4.79 Å². The fourth-order valence-corrected chi connectivity index (χ4v) is 5.00. The Labute approximate surface area is 154 Å². The smallest absolute Gasteiger partial charge is 0.190 e. The number of fused-ring (bicyclic) bond motifs is 3. The van der Waals surface area contributed by atoms with Crippen LogP contribution in [0.3, 0.4) is 0 Å². The van der Waals surface area contributed by atoms with Gasteiger partial charge in [-0.05, 0) is 35.8 Å². The zero-order valence-corrected chi connectivity index (χ0v) is 16.1. The summed E-state index contributed by atoms with van der Waals surface area (Å²) in [6.45, 7) is 8.03. The molecule has 5 heteroatoms. The highest BCUT2D eigenvalue weighted by Gasteiger charge is 2.52. The minimum Gasteiger partial charge on any atom is -0.507 e. The van der Waals surface area contributed by atoms with Crippen LogP contribution in [0.1, 0.15) is 74.4 Å². The molecule has 2 aliphatic carbocycles. The van der Waals surface area contributed by atoms with Gasteiger partial charge in [-0.25, -0.2) is 0 Å². The van der Waals surface area contributed by atoms with E-state index in [0.717, 1.165) is 18.4 Å². The molecule has 0 bridgehead atoms. The van der Waals surface area contributed by atoms with Crippen molar-refractivity contribution < 1.29 is 24.9 Å². The molecule has 1 aromatic rings. The first-order valence-electron chi connectivity index (χ1n) is 9.15. The lowest BCUT2D eigenvalue weighted by molar-refractivity contribution is 0.0925. The maximum Gasteiger partial charge on any atom is 0.190 e. The van der Waals surface area contributed by atoms with E-state index in [1.165, 1.54) is 0 Å². The number of benzene rings is 1. The van der Waals surface area contributed by atoms with Crippen LogP contribution in [-0.2, 0) is 10.2 Å². The molecule has 0 saturated heterocycles. The number of aromatic hydroxyl groups is 3. The molecule has 0 aliphatic heterocycles. The Hall–Kier alpha value is -2.01. The SMILES string of the molecule is COCC12CCCC(C)(C)C1=CC(=O)c1c(O)c(C(C)C)c(O)c(O)c12. The Balaban J connectivity index is 2.43. The molecule has 5 nitrogen and oxygen atoms in total. The number of hydrogen-bond acceptors (Lipinski definition) is 5. The minimum absolute atomic E-state index is 0.0995. The maximum atomic E-state index is 13.0. The van der Waals surface area contributed by atoms with E-state index < -0.39 is 5.41 Å². The van der Waals surface area contributed by atoms with Gasteiger partial charge in [0, 0.05) is 23.7 Å². The van der Waals surface area contributed by atoms with Crippen molar-refractivity contribution in [1.82, 2.24) is 0 Å². The molecule has 2 aliphatic rings. The molecule has 26 heavy (non-hydrogen) atoms. The molecule has 0 amide bonds. The molecular formula is C21H28O5. The Bertz CT molecular complexity index is 799. The van der Waals surface area contributed by atoms with Crippen LogP contribution in [0.5, 0.6) is 17.2 Å². The van der Waals surface area contributed by atoms with Gasteiger partial charge >= 0.3 is 0 Å². The second kappa shape index (κ2) is 6.02. The zero-order chi connectivity index (χ0) is 19.4. The largest absolute Gasteiger partial charge is 0.507 e. The quantitative estimate of drug-likeness (QED) is 0.557. The number of rotatable bonds is 3. The summed E-state index contributed by atoms with van der Waals surface area (Å²) in [7, 11) is 1.59. The highest BCUT2D eigenvalue weighted by Crippen LogP contribution is 2.60. The number of carbonyl (C=O) groups excluding carboxylic acids is 1. The Morgan fingerprint density at radius 3 is 2.35 bits per heavy atom. The van der Waals surface area contributed by atoms with E-state index in [2.05, 4.69) is 13.8 Å². The van der Waals surface area contributed by atoms with Crippen LogP contribution in [-0.4, -0.2) is 34.8 Å².